The van der Waals surface area contributed by atoms with Crippen LogP contribution in [0.4, 0.5) is 0 Å². The van der Waals surface area contributed by atoms with Gasteiger partial charge in [0.25, 0.3) is 5.91 Å². The maximum absolute atomic E-state index is 13.6. The van der Waals surface area contributed by atoms with Crippen LogP contribution in [0.2, 0.25) is 0 Å². The van der Waals surface area contributed by atoms with Gasteiger partial charge in [-0.15, -0.1) is 0 Å². The van der Waals surface area contributed by atoms with Crippen molar-refractivity contribution in [3.63, 3.8) is 0 Å². The van der Waals surface area contributed by atoms with Crippen LogP contribution in [0.15, 0.2) is 35.1 Å². The number of piperazine rings is 1. The van der Waals surface area contributed by atoms with E-state index in [2.05, 4.69) is 10.00 Å². The van der Waals surface area contributed by atoms with Gasteiger partial charge in [0.2, 0.25) is 0 Å². The quantitative estimate of drug-likeness (QED) is 0.592. The van der Waals surface area contributed by atoms with Gasteiger partial charge in [0.05, 0.1) is 34.9 Å². The highest BCUT2D eigenvalue weighted by Gasteiger charge is 2.35. The smallest absolute Gasteiger partial charge is 0.254 e. The van der Waals surface area contributed by atoms with E-state index < -0.39 is 9.84 Å². The maximum Gasteiger partial charge on any atom is 0.254 e. The van der Waals surface area contributed by atoms with E-state index >= 15 is 0 Å². The first-order valence-corrected chi connectivity index (χ1v) is 12.8. The van der Waals surface area contributed by atoms with Crippen LogP contribution in [0.5, 0.6) is 0 Å². The molecule has 170 valence electrons. The largest absolute Gasteiger partial charge is 0.463 e. The van der Waals surface area contributed by atoms with Crippen LogP contribution in [0.1, 0.15) is 36.7 Å². The number of furan rings is 1. The van der Waals surface area contributed by atoms with Gasteiger partial charge in [-0.2, -0.15) is 5.10 Å². The molecule has 2 aliphatic rings. The number of amides is 1. The second-order valence-corrected chi connectivity index (χ2v) is 11.1. The van der Waals surface area contributed by atoms with Gasteiger partial charge in [0, 0.05) is 38.3 Å². The SMILES string of the molecule is CC(C)n1ncc2c(C(=O)N3CCN(C4CCS(=O)(=O)C4)CC3)cc(-c3ccco3)nc21. The van der Waals surface area contributed by atoms with Crippen molar-refractivity contribution in [3.8, 4) is 11.5 Å². The molecule has 32 heavy (non-hydrogen) atoms. The summed E-state index contributed by atoms with van der Waals surface area (Å²) in [6, 6.07) is 5.57. The van der Waals surface area contributed by atoms with Crippen molar-refractivity contribution in [1.29, 1.82) is 0 Å². The topological polar surface area (TPSA) is 102 Å². The highest BCUT2D eigenvalue weighted by atomic mass is 32.2. The molecule has 2 saturated heterocycles. The Morgan fingerprint density at radius 2 is 2.00 bits per heavy atom. The molecule has 5 heterocycles. The summed E-state index contributed by atoms with van der Waals surface area (Å²) >= 11 is 0. The third-order valence-corrected chi connectivity index (χ3v) is 8.14. The Labute approximate surface area is 186 Å². The van der Waals surface area contributed by atoms with Crippen molar-refractivity contribution in [2.45, 2.75) is 32.4 Å². The van der Waals surface area contributed by atoms with Gasteiger partial charge in [0.1, 0.15) is 5.69 Å². The van der Waals surface area contributed by atoms with Crippen molar-refractivity contribution < 1.29 is 17.6 Å². The summed E-state index contributed by atoms with van der Waals surface area (Å²) in [6.07, 6.45) is 3.98. The van der Waals surface area contributed by atoms with E-state index in [1.807, 2.05) is 29.5 Å². The predicted molar refractivity (Wildman–Crippen MR) is 120 cm³/mol. The van der Waals surface area contributed by atoms with Gasteiger partial charge < -0.3 is 9.32 Å². The molecule has 2 aliphatic heterocycles. The number of pyridine rings is 1. The van der Waals surface area contributed by atoms with E-state index in [0.29, 0.717) is 55.3 Å². The molecule has 5 rings (SSSR count). The standard InChI is InChI=1S/C22H27N5O4S/c1-15(2)27-21-18(13-23-27)17(12-19(24-21)20-4-3-10-31-20)22(28)26-8-6-25(7-9-26)16-5-11-32(29,30)14-16/h3-4,10,12-13,15-16H,5-9,11,14H2,1-2H3. The Morgan fingerprint density at radius 3 is 2.62 bits per heavy atom. The lowest BCUT2D eigenvalue weighted by molar-refractivity contribution is 0.0589. The second kappa shape index (κ2) is 8.00. The van der Waals surface area contributed by atoms with Crippen molar-refractivity contribution >= 4 is 26.8 Å². The van der Waals surface area contributed by atoms with Crippen LogP contribution in [0.3, 0.4) is 0 Å². The molecular formula is C22H27N5O4S. The van der Waals surface area contributed by atoms with Crippen molar-refractivity contribution in [2.75, 3.05) is 37.7 Å². The molecule has 1 unspecified atom stereocenters. The van der Waals surface area contributed by atoms with Crippen LogP contribution >= 0.6 is 0 Å². The highest BCUT2D eigenvalue weighted by Crippen LogP contribution is 2.28. The lowest BCUT2D eigenvalue weighted by atomic mass is 10.1. The molecule has 0 saturated carbocycles. The fraction of sp³-hybridized carbons (Fsp3) is 0.500. The number of sulfone groups is 1. The van der Waals surface area contributed by atoms with Gasteiger partial charge in [-0.1, -0.05) is 0 Å². The Hall–Kier alpha value is -2.72. The van der Waals surface area contributed by atoms with Crippen LogP contribution < -0.4 is 0 Å². The van der Waals surface area contributed by atoms with Crippen LogP contribution in [-0.4, -0.2) is 82.6 Å². The van der Waals surface area contributed by atoms with Crippen LogP contribution in [0, 0.1) is 0 Å². The molecule has 0 bridgehead atoms. The molecule has 1 amide bonds. The zero-order chi connectivity index (χ0) is 22.5. The lowest BCUT2D eigenvalue weighted by Gasteiger charge is -2.37. The Balaban J connectivity index is 1.42. The first-order chi connectivity index (χ1) is 15.3. The van der Waals surface area contributed by atoms with Gasteiger partial charge >= 0.3 is 0 Å². The minimum absolute atomic E-state index is 0.0628. The first kappa shape index (κ1) is 21.1. The highest BCUT2D eigenvalue weighted by molar-refractivity contribution is 7.91. The third kappa shape index (κ3) is 3.81. The monoisotopic (exact) mass is 457 g/mol. The zero-order valence-corrected chi connectivity index (χ0v) is 19.1. The number of aromatic nitrogens is 3. The Morgan fingerprint density at radius 1 is 1.22 bits per heavy atom. The Kier molecular flexibility index (Phi) is 5.29. The summed E-state index contributed by atoms with van der Waals surface area (Å²) in [5.74, 6) is 1.03. The number of rotatable bonds is 4. The summed E-state index contributed by atoms with van der Waals surface area (Å²) in [5.41, 5.74) is 1.82. The summed E-state index contributed by atoms with van der Waals surface area (Å²) in [6.45, 7) is 6.53. The van der Waals surface area contributed by atoms with Gasteiger partial charge in [-0.25, -0.2) is 18.1 Å². The molecule has 3 aromatic heterocycles. The average Bonchev–Trinajstić information content (AvgIpc) is 3.52. The summed E-state index contributed by atoms with van der Waals surface area (Å²) in [5, 5.41) is 5.20. The molecule has 9 nitrogen and oxygen atoms in total. The average molecular weight is 458 g/mol. The molecule has 0 aliphatic carbocycles. The summed E-state index contributed by atoms with van der Waals surface area (Å²) in [4.78, 5) is 22.3. The molecule has 0 radical (unpaired) electrons. The zero-order valence-electron chi connectivity index (χ0n) is 18.3. The summed E-state index contributed by atoms with van der Waals surface area (Å²) in [7, 11) is -2.92. The number of nitrogens with zero attached hydrogens (tertiary/aromatic N) is 5. The molecule has 2 fully saturated rings. The van der Waals surface area contributed by atoms with E-state index in [1.54, 1.807) is 24.6 Å². The number of hydrogen-bond acceptors (Lipinski definition) is 7. The van der Waals surface area contributed by atoms with Crippen molar-refractivity contribution in [2.24, 2.45) is 0 Å². The molecule has 10 heteroatoms. The minimum atomic E-state index is -2.92. The normalized spacial score (nSPS) is 21.6. The van der Waals surface area contributed by atoms with E-state index in [1.165, 1.54) is 0 Å². The van der Waals surface area contributed by atoms with E-state index in [9.17, 15) is 13.2 Å². The van der Waals surface area contributed by atoms with Crippen LogP contribution in [0.25, 0.3) is 22.5 Å². The second-order valence-electron chi connectivity index (χ2n) is 8.84. The number of hydrogen-bond donors (Lipinski definition) is 0. The molecule has 0 aromatic carbocycles. The maximum atomic E-state index is 13.6. The Bertz CT molecular complexity index is 1240. The first-order valence-electron chi connectivity index (χ1n) is 11.0. The predicted octanol–water partition coefficient (Wildman–Crippen LogP) is 2.22. The van der Waals surface area contributed by atoms with E-state index in [4.69, 9.17) is 9.40 Å². The van der Waals surface area contributed by atoms with Gasteiger partial charge in [-0.05, 0) is 38.5 Å². The van der Waals surface area contributed by atoms with Crippen LogP contribution in [-0.2, 0) is 9.84 Å². The lowest BCUT2D eigenvalue weighted by Crippen LogP contribution is -2.52. The van der Waals surface area contributed by atoms with E-state index in [-0.39, 0.29) is 29.5 Å². The number of carbonyl (C=O) groups excluding carboxylic acids is 1. The third-order valence-electron chi connectivity index (χ3n) is 6.39. The van der Waals surface area contributed by atoms with Gasteiger partial charge in [-0.3, -0.25) is 9.69 Å². The fourth-order valence-corrected chi connectivity index (χ4v) is 6.41. The van der Waals surface area contributed by atoms with Crippen molar-refractivity contribution in [1.82, 2.24) is 24.6 Å². The van der Waals surface area contributed by atoms with Gasteiger partial charge in [0.15, 0.2) is 21.2 Å². The molecular weight excluding hydrogens is 430 g/mol. The molecule has 0 N–H and O–H groups in total. The molecule has 1 atom stereocenters. The fourth-order valence-electron chi connectivity index (χ4n) is 4.65. The molecule has 3 aromatic rings. The van der Waals surface area contributed by atoms with Crippen molar-refractivity contribution in [3.05, 3.63) is 36.2 Å². The number of fused-ring (bicyclic) bond motifs is 1. The molecule has 0 spiro atoms. The number of carbonyl (C=O) groups is 1. The van der Waals surface area contributed by atoms with E-state index in [0.717, 1.165) is 5.39 Å². The minimum Gasteiger partial charge on any atom is -0.463 e. The summed E-state index contributed by atoms with van der Waals surface area (Å²) < 4.78 is 31.0.